The van der Waals surface area contributed by atoms with E-state index < -0.39 is 0 Å². The molecule has 0 fully saturated rings. The van der Waals surface area contributed by atoms with E-state index in [-0.39, 0.29) is 12.5 Å². The van der Waals surface area contributed by atoms with Crippen LogP contribution in [-0.2, 0) is 4.79 Å². The first-order valence-corrected chi connectivity index (χ1v) is 8.94. The Morgan fingerprint density at radius 2 is 2.00 bits per heavy atom. The van der Waals surface area contributed by atoms with E-state index in [9.17, 15) is 4.79 Å². The molecule has 0 saturated heterocycles. The quantitative estimate of drug-likeness (QED) is 0.444. The van der Waals surface area contributed by atoms with Crippen molar-refractivity contribution in [2.75, 3.05) is 11.9 Å². The van der Waals surface area contributed by atoms with E-state index in [0.717, 1.165) is 16.8 Å². The van der Waals surface area contributed by atoms with Crippen molar-refractivity contribution < 1.29 is 9.21 Å². The molecule has 2 aromatic carbocycles. The van der Waals surface area contributed by atoms with E-state index in [1.807, 2.05) is 31.2 Å². The molecule has 3 aromatic rings. The zero-order valence-corrected chi connectivity index (χ0v) is 16.0. The van der Waals surface area contributed by atoms with Crippen molar-refractivity contribution in [1.29, 1.82) is 0 Å². The number of hydrogen-bond donors (Lipinski definition) is 2. The van der Waals surface area contributed by atoms with E-state index in [1.165, 1.54) is 6.21 Å². The van der Waals surface area contributed by atoms with E-state index >= 15 is 0 Å². The predicted octanol–water partition coefficient (Wildman–Crippen LogP) is 5.12. The Bertz CT molecular complexity index is 983. The highest BCUT2D eigenvalue weighted by Gasteiger charge is 2.08. The number of amides is 1. The Hall–Kier alpha value is -2.76. The second-order valence-corrected chi connectivity index (χ2v) is 6.69. The molecule has 0 unspecified atom stereocenters. The number of hydrazone groups is 1. The maximum Gasteiger partial charge on any atom is 0.259 e. The van der Waals surface area contributed by atoms with Gasteiger partial charge in [0.25, 0.3) is 5.91 Å². The van der Waals surface area contributed by atoms with E-state index in [0.29, 0.717) is 21.6 Å². The summed E-state index contributed by atoms with van der Waals surface area (Å²) in [5.74, 6) is 0.814. The monoisotopic (exact) mass is 401 g/mol. The molecule has 1 amide bonds. The van der Waals surface area contributed by atoms with Crippen LogP contribution >= 0.6 is 23.2 Å². The van der Waals surface area contributed by atoms with Crippen molar-refractivity contribution in [3.63, 3.8) is 0 Å². The van der Waals surface area contributed by atoms with Gasteiger partial charge in [-0.25, -0.2) is 5.43 Å². The third kappa shape index (κ3) is 5.36. The fourth-order valence-electron chi connectivity index (χ4n) is 2.40. The maximum atomic E-state index is 11.8. The van der Waals surface area contributed by atoms with Gasteiger partial charge < -0.3 is 9.73 Å². The van der Waals surface area contributed by atoms with Crippen LogP contribution in [0.25, 0.3) is 11.3 Å². The molecule has 0 aliphatic carbocycles. The van der Waals surface area contributed by atoms with Gasteiger partial charge in [0.15, 0.2) is 0 Å². The summed E-state index contributed by atoms with van der Waals surface area (Å²) >= 11 is 12.1. The first-order valence-electron chi connectivity index (χ1n) is 8.19. The maximum absolute atomic E-state index is 11.8. The summed E-state index contributed by atoms with van der Waals surface area (Å²) in [4.78, 5) is 11.8. The van der Waals surface area contributed by atoms with Crippen molar-refractivity contribution in [1.82, 2.24) is 5.43 Å². The smallest absolute Gasteiger partial charge is 0.259 e. The average molecular weight is 402 g/mol. The molecular formula is C20H17Cl2N3O2. The molecule has 0 spiro atoms. The number of anilines is 1. The number of hydrogen-bond acceptors (Lipinski definition) is 4. The van der Waals surface area contributed by atoms with Crippen molar-refractivity contribution in [3.05, 3.63) is 76.0 Å². The summed E-state index contributed by atoms with van der Waals surface area (Å²) in [6, 6.07) is 16.5. The lowest BCUT2D eigenvalue weighted by Gasteiger charge is -2.05. The number of nitrogens with zero attached hydrogens (tertiary/aromatic N) is 1. The molecule has 0 bridgehead atoms. The minimum Gasteiger partial charge on any atom is -0.455 e. The van der Waals surface area contributed by atoms with Gasteiger partial charge in [-0.2, -0.15) is 5.10 Å². The second kappa shape index (κ2) is 8.75. The highest BCUT2D eigenvalue weighted by molar-refractivity contribution is 6.36. The largest absolute Gasteiger partial charge is 0.455 e. The van der Waals surface area contributed by atoms with Gasteiger partial charge in [0.2, 0.25) is 0 Å². The molecular weight excluding hydrogens is 385 g/mol. The first kappa shape index (κ1) is 19.0. The van der Waals surface area contributed by atoms with Crippen molar-refractivity contribution in [2.45, 2.75) is 6.92 Å². The Balaban J connectivity index is 1.54. The molecule has 27 heavy (non-hydrogen) atoms. The zero-order chi connectivity index (χ0) is 19.2. The van der Waals surface area contributed by atoms with Gasteiger partial charge in [0.05, 0.1) is 17.8 Å². The van der Waals surface area contributed by atoms with Crippen LogP contribution in [0.1, 0.15) is 11.3 Å². The standard InChI is InChI=1S/C20H17Cl2N3O2/c1-13-3-2-4-15(9-13)23-12-20(26)25-24-11-16-6-8-19(27-16)17-7-5-14(21)10-18(17)22/h2-11,23H,12H2,1H3,(H,25,26)/b24-11+. The lowest BCUT2D eigenvalue weighted by Crippen LogP contribution is -2.25. The lowest BCUT2D eigenvalue weighted by atomic mass is 10.2. The number of halogens is 2. The lowest BCUT2D eigenvalue weighted by molar-refractivity contribution is -0.119. The third-order valence-electron chi connectivity index (χ3n) is 3.68. The van der Waals surface area contributed by atoms with Gasteiger partial charge in [-0.05, 0) is 55.0 Å². The topological polar surface area (TPSA) is 66.6 Å². The van der Waals surface area contributed by atoms with Crippen LogP contribution in [0, 0.1) is 6.92 Å². The minimum atomic E-state index is -0.264. The minimum absolute atomic E-state index is 0.116. The molecule has 1 aromatic heterocycles. The molecule has 0 aliphatic heterocycles. The van der Waals surface area contributed by atoms with Crippen LogP contribution in [0.5, 0.6) is 0 Å². The zero-order valence-electron chi connectivity index (χ0n) is 14.5. The molecule has 0 atom stereocenters. The highest BCUT2D eigenvalue weighted by atomic mass is 35.5. The number of carbonyl (C=O) groups is 1. The number of furan rings is 1. The van der Waals surface area contributed by atoms with Gasteiger partial charge >= 0.3 is 0 Å². The van der Waals surface area contributed by atoms with Crippen LogP contribution in [0.3, 0.4) is 0 Å². The van der Waals surface area contributed by atoms with Crippen LogP contribution in [0.15, 0.2) is 64.1 Å². The molecule has 3 rings (SSSR count). The molecule has 0 radical (unpaired) electrons. The predicted molar refractivity (Wildman–Crippen MR) is 110 cm³/mol. The van der Waals surface area contributed by atoms with Crippen LogP contribution in [0.2, 0.25) is 10.0 Å². The molecule has 0 saturated carbocycles. The summed E-state index contributed by atoms with van der Waals surface area (Å²) in [7, 11) is 0. The number of nitrogens with one attached hydrogen (secondary N) is 2. The average Bonchev–Trinajstić information content (AvgIpc) is 3.08. The fraction of sp³-hybridized carbons (Fsp3) is 0.100. The van der Waals surface area contributed by atoms with E-state index in [4.69, 9.17) is 27.6 Å². The Kier molecular flexibility index (Phi) is 6.16. The van der Waals surface area contributed by atoms with E-state index in [1.54, 1.807) is 30.3 Å². The summed E-state index contributed by atoms with van der Waals surface area (Å²) in [5.41, 5.74) is 5.17. The summed E-state index contributed by atoms with van der Waals surface area (Å²) in [6.07, 6.45) is 1.43. The van der Waals surface area contributed by atoms with Crippen LogP contribution in [0.4, 0.5) is 5.69 Å². The summed E-state index contributed by atoms with van der Waals surface area (Å²) in [5, 5.41) is 7.99. The molecule has 0 aliphatic rings. The molecule has 138 valence electrons. The molecule has 5 nitrogen and oxygen atoms in total. The third-order valence-corrected chi connectivity index (χ3v) is 4.22. The van der Waals surface area contributed by atoms with E-state index in [2.05, 4.69) is 15.8 Å². The van der Waals surface area contributed by atoms with Crippen LogP contribution in [-0.4, -0.2) is 18.7 Å². The number of rotatable bonds is 6. The summed E-state index contributed by atoms with van der Waals surface area (Å²) in [6.45, 7) is 2.11. The van der Waals surface area contributed by atoms with Gasteiger partial charge in [0.1, 0.15) is 11.5 Å². The second-order valence-electron chi connectivity index (χ2n) is 5.84. The van der Waals surface area contributed by atoms with Gasteiger partial charge in [-0.15, -0.1) is 0 Å². The van der Waals surface area contributed by atoms with Gasteiger partial charge in [-0.3, -0.25) is 4.79 Å². The SMILES string of the molecule is Cc1cccc(NCC(=O)N/N=C/c2ccc(-c3ccc(Cl)cc3Cl)o2)c1. The number of benzene rings is 2. The Morgan fingerprint density at radius 1 is 1.15 bits per heavy atom. The normalized spacial score (nSPS) is 10.9. The van der Waals surface area contributed by atoms with Gasteiger partial charge in [0, 0.05) is 16.3 Å². The van der Waals surface area contributed by atoms with Crippen LogP contribution < -0.4 is 10.7 Å². The molecule has 7 heteroatoms. The first-order chi connectivity index (χ1) is 13.0. The highest BCUT2D eigenvalue weighted by Crippen LogP contribution is 2.31. The molecule has 1 heterocycles. The Morgan fingerprint density at radius 3 is 2.78 bits per heavy atom. The Labute approximate surface area is 167 Å². The molecule has 2 N–H and O–H groups in total. The fourth-order valence-corrected chi connectivity index (χ4v) is 2.90. The summed E-state index contributed by atoms with van der Waals surface area (Å²) < 4.78 is 5.67. The van der Waals surface area contributed by atoms with Gasteiger partial charge in [-0.1, -0.05) is 35.3 Å². The van der Waals surface area contributed by atoms with Crippen molar-refractivity contribution in [3.8, 4) is 11.3 Å². The van der Waals surface area contributed by atoms with Crippen molar-refractivity contribution >= 4 is 41.0 Å². The number of aryl methyl sites for hydroxylation is 1. The number of carbonyl (C=O) groups excluding carboxylic acids is 1. The van der Waals surface area contributed by atoms with Crippen molar-refractivity contribution in [2.24, 2.45) is 5.10 Å².